The summed E-state index contributed by atoms with van der Waals surface area (Å²) in [5.74, 6) is -0.487. The van der Waals surface area contributed by atoms with Crippen LogP contribution in [0, 0.1) is 10.1 Å². The second-order valence-electron chi connectivity index (χ2n) is 3.06. The van der Waals surface area contributed by atoms with Crippen LogP contribution in [0.4, 0.5) is 5.00 Å². The first-order valence-corrected chi connectivity index (χ1v) is 5.51. The molecule has 0 amide bonds. The van der Waals surface area contributed by atoms with E-state index in [2.05, 4.69) is 0 Å². The monoisotopic (exact) mass is 244 g/mol. The van der Waals surface area contributed by atoms with Crippen molar-refractivity contribution in [1.82, 2.24) is 0 Å². The van der Waals surface area contributed by atoms with Crippen molar-refractivity contribution in [1.29, 1.82) is 0 Å². The van der Waals surface area contributed by atoms with Crippen LogP contribution in [0.1, 0.15) is 11.8 Å². The molecule has 88 valence electrons. The maximum atomic E-state index is 11.2. The van der Waals surface area contributed by atoms with Crippen LogP contribution in [0.2, 0.25) is 0 Å². The molecular weight excluding hydrogens is 232 g/mol. The fourth-order valence-corrected chi connectivity index (χ4v) is 2.00. The number of rotatable bonds is 5. The SMILES string of the molecule is CCOC(=O)C(N)Cc1ccc([N+](=O)[O-])s1. The lowest BCUT2D eigenvalue weighted by Gasteiger charge is -2.08. The van der Waals surface area contributed by atoms with Gasteiger partial charge in [0.05, 0.1) is 11.5 Å². The molecule has 1 rings (SSSR count). The highest BCUT2D eigenvalue weighted by Crippen LogP contribution is 2.24. The van der Waals surface area contributed by atoms with E-state index >= 15 is 0 Å². The maximum absolute atomic E-state index is 11.2. The molecule has 2 N–H and O–H groups in total. The minimum Gasteiger partial charge on any atom is -0.465 e. The molecule has 7 heteroatoms. The van der Waals surface area contributed by atoms with Crippen LogP contribution in [0.5, 0.6) is 0 Å². The third-order valence-corrected chi connectivity index (χ3v) is 2.90. The van der Waals surface area contributed by atoms with E-state index in [1.807, 2.05) is 0 Å². The Kier molecular flexibility index (Phi) is 4.39. The largest absolute Gasteiger partial charge is 0.465 e. The first kappa shape index (κ1) is 12.6. The van der Waals surface area contributed by atoms with Gasteiger partial charge in [0.1, 0.15) is 6.04 Å². The lowest BCUT2D eigenvalue weighted by atomic mass is 10.2. The standard InChI is InChI=1S/C9H12N2O4S/c1-2-15-9(12)7(10)5-6-3-4-8(16-6)11(13)14/h3-4,7H,2,5,10H2,1H3. The van der Waals surface area contributed by atoms with Gasteiger partial charge in [-0.05, 0) is 13.0 Å². The van der Waals surface area contributed by atoms with Crippen molar-refractivity contribution in [2.75, 3.05) is 6.61 Å². The van der Waals surface area contributed by atoms with E-state index in [1.165, 1.54) is 6.07 Å². The molecule has 1 atom stereocenters. The molecule has 1 aromatic rings. The number of nitrogens with zero attached hydrogens (tertiary/aromatic N) is 1. The molecule has 0 aromatic carbocycles. The second kappa shape index (κ2) is 5.57. The molecule has 1 unspecified atom stereocenters. The van der Waals surface area contributed by atoms with Gasteiger partial charge in [0, 0.05) is 17.4 Å². The number of carbonyl (C=O) groups is 1. The Morgan fingerprint density at radius 2 is 2.38 bits per heavy atom. The normalized spacial score (nSPS) is 12.1. The first-order chi connectivity index (χ1) is 7.54. The first-order valence-electron chi connectivity index (χ1n) is 4.70. The Balaban J connectivity index is 2.59. The summed E-state index contributed by atoms with van der Waals surface area (Å²) in [4.78, 5) is 21.9. The summed E-state index contributed by atoms with van der Waals surface area (Å²) in [6.45, 7) is 1.97. The fourth-order valence-electron chi connectivity index (χ4n) is 1.12. The van der Waals surface area contributed by atoms with E-state index in [4.69, 9.17) is 10.5 Å². The van der Waals surface area contributed by atoms with Crippen molar-refractivity contribution < 1.29 is 14.5 Å². The van der Waals surface area contributed by atoms with E-state index in [1.54, 1.807) is 13.0 Å². The van der Waals surface area contributed by atoms with Crippen LogP contribution in [-0.2, 0) is 16.0 Å². The average Bonchev–Trinajstić information content (AvgIpc) is 2.66. The van der Waals surface area contributed by atoms with E-state index in [0.29, 0.717) is 4.88 Å². The number of carbonyl (C=O) groups excluding carboxylic acids is 1. The lowest BCUT2D eigenvalue weighted by molar-refractivity contribution is -0.380. The average molecular weight is 244 g/mol. The highest BCUT2D eigenvalue weighted by atomic mass is 32.1. The van der Waals surface area contributed by atoms with Gasteiger partial charge < -0.3 is 10.5 Å². The summed E-state index contributed by atoms with van der Waals surface area (Å²) >= 11 is 1.02. The van der Waals surface area contributed by atoms with E-state index < -0.39 is 16.9 Å². The van der Waals surface area contributed by atoms with Gasteiger partial charge in [-0.3, -0.25) is 14.9 Å². The Morgan fingerprint density at radius 3 is 2.88 bits per heavy atom. The Hall–Kier alpha value is -1.47. The molecule has 0 aliphatic rings. The van der Waals surface area contributed by atoms with Crippen LogP contribution >= 0.6 is 11.3 Å². The van der Waals surface area contributed by atoms with Crippen LogP contribution in [0.25, 0.3) is 0 Å². The minimum atomic E-state index is -0.766. The van der Waals surface area contributed by atoms with Gasteiger partial charge in [0.15, 0.2) is 0 Å². The molecule has 0 spiro atoms. The van der Waals surface area contributed by atoms with Gasteiger partial charge in [0.2, 0.25) is 0 Å². The zero-order valence-electron chi connectivity index (χ0n) is 8.71. The molecule has 0 aliphatic heterocycles. The third kappa shape index (κ3) is 3.28. The lowest BCUT2D eigenvalue weighted by Crippen LogP contribution is -2.34. The minimum absolute atomic E-state index is 0.0473. The molecule has 6 nitrogen and oxygen atoms in total. The highest BCUT2D eigenvalue weighted by molar-refractivity contribution is 7.15. The van der Waals surface area contributed by atoms with Crippen molar-refractivity contribution in [2.24, 2.45) is 5.73 Å². The van der Waals surface area contributed by atoms with Gasteiger partial charge in [0.25, 0.3) is 0 Å². The summed E-state index contributed by atoms with van der Waals surface area (Å²) in [5.41, 5.74) is 5.58. The van der Waals surface area contributed by atoms with Crippen LogP contribution in [-0.4, -0.2) is 23.5 Å². The van der Waals surface area contributed by atoms with Gasteiger partial charge in [-0.15, -0.1) is 0 Å². The molecule has 0 radical (unpaired) electrons. The number of hydrogen-bond acceptors (Lipinski definition) is 6. The number of hydrogen-bond donors (Lipinski definition) is 1. The molecule has 16 heavy (non-hydrogen) atoms. The summed E-state index contributed by atoms with van der Waals surface area (Å²) < 4.78 is 4.74. The number of nitro groups is 1. The van der Waals surface area contributed by atoms with Crippen molar-refractivity contribution in [2.45, 2.75) is 19.4 Å². The van der Waals surface area contributed by atoms with Crippen LogP contribution in [0.15, 0.2) is 12.1 Å². The Bertz CT molecular complexity index is 391. The smallest absolute Gasteiger partial charge is 0.324 e. The summed E-state index contributed by atoms with van der Waals surface area (Å²) in [6, 6.07) is 2.23. The van der Waals surface area contributed by atoms with Crippen LogP contribution in [0.3, 0.4) is 0 Å². The van der Waals surface area contributed by atoms with Crippen molar-refractivity contribution in [3.63, 3.8) is 0 Å². The topological polar surface area (TPSA) is 95.5 Å². The molecule has 0 saturated carbocycles. The number of thiophene rings is 1. The van der Waals surface area contributed by atoms with Gasteiger partial charge >= 0.3 is 11.0 Å². The summed E-state index contributed by atoms with van der Waals surface area (Å²) in [6.07, 6.45) is 0.261. The molecule has 1 aromatic heterocycles. The molecular formula is C9H12N2O4S. The van der Waals surface area contributed by atoms with E-state index in [-0.39, 0.29) is 18.0 Å². The number of ether oxygens (including phenoxy) is 1. The van der Waals surface area contributed by atoms with Gasteiger partial charge in [-0.2, -0.15) is 0 Å². The fraction of sp³-hybridized carbons (Fsp3) is 0.444. The zero-order valence-corrected chi connectivity index (χ0v) is 9.53. The predicted molar refractivity (Wildman–Crippen MR) is 59.3 cm³/mol. The van der Waals surface area contributed by atoms with Crippen molar-refractivity contribution >= 4 is 22.3 Å². The quantitative estimate of drug-likeness (QED) is 0.475. The Labute approximate surface area is 96.2 Å². The molecule has 1 heterocycles. The molecule has 0 saturated heterocycles. The third-order valence-electron chi connectivity index (χ3n) is 1.84. The predicted octanol–water partition coefficient (Wildman–Crippen LogP) is 1.09. The van der Waals surface area contributed by atoms with E-state index in [0.717, 1.165) is 11.3 Å². The summed E-state index contributed by atoms with van der Waals surface area (Å²) in [7, 11) is 0. The molecule has 0 aliphatic carbocycles. The number of nitrogens with two attached hydrogens (primary N) is 1. The summed E-state index contributed by atoms with van der Waals surface area (Å²) in [5, 5.41) is 10.5. The molecule has 0 bridgehead atoms. The highest BCUT2D eigenvalue weighted by Gasteiger charge is 2.18. The zero-order chi connectivity index (χ0) is 12.1. The van der Waals surface area contributed by atoms with E-state index in [9.17, 15) is 14.9 Å². The van der Waals surface area contributed by atoms with Crippen LogP contribution < -0.4 is 5.73 Å². The van der Waals surface area contributed by atoms with Crippen molar-refractivity contribution in [3.8, 4) is 0 Å². The van der Waals surface area contributed by atoms with Gasteiger partial charge in [-0.1, -0.05) is 11.3 Å². The Morgan fingerprint density at radius 1 is 1.69 bits per heavy atom. The number of esters is 1. The second-order valence-corrected chi connectivity index (χ2v) is 4.21. The molecule has 0 fully saturated rings. The maximum Gasteiger partial charge on any atom is 0.324 e. The van der Waals surface area contributed by atoms with Gasteiger partial charge in [-0.25, -0.2) is 0 Å². The van der Waals surface area contributed by atoms with Crippen molar-refractivity contribution in [3.05, 3.63) is 27.1 Å².